The lowest BCUT2D eigenvalue weighted by Crippen LogP contribution is -2.36. The number of hydrogen-bond acceptors (Lipinski definition) is 4. The third-order valence-electron chi connectivity index (χ3n) is 4.95. The lowest BCUT2D eigenvalue weighted by Gasteiger charge is -2.25. The molecule has 0 fully saturated rings. The topological polar surface area (TPSA) is 55.7 Å². The number of carbonyl (C=O) groups excluding carboxylic acids is 1. The fourth-order valence-electron chi connectivity index (χ4n) is 3.44. The van der Waals surface area contributed by atoms with Gasteiger partial charge in [0.2, 0.25) is 12.7 Å². The molecule has 0 radical (unpaired) electrons. The zero-order valence-electron chi connectivity index (χ0n) is 15.8. The Morgan fingerprint density at radius 2 is 2.00 bits per heavy atom. The molecule has 1 N–H and O–H groups in total. The smallest absolute Gasteiger partial charge is 0.240 e. The minimum absolute atomic E-state index is 0.0164. The largest absolute Gasteiger partial charge is 0.454 e. The molecule has 28 heavy (non-hydrogen) atoms. The number of hydrogen-bond donors (Lipinski definition) is 1. The van der Waals surface area contributed by atoms with Crippen molar-refractivity contribution in [1.29, 1.82) is 0 Å². The molecule has 1 amide bonds. The SMILES string of the molecule is CN(C)[C@H](CNC(=O)Cn1ccc2ccc(F)cc21)c1ccc2c(c1)OCO2. The Kier molecular flexibility index (Phi) is 4.92. The number of aromatic nitrogens is 1. The predicted octanol–water partition coefficient (Wildman–Crippen LogP) is 2.93. The van der Waals surface area contributed by atoms with Gasteiger partial charge in [-0.3, -0.25) is 4.79 Å². The van der Waals surface area contributed by atoms with Gasteiger partial charge in [-0.2, -0.15) is 0 Å². The van der Waals surface area contributed by atoms with Crippen LogP contribution in [0.4, 0.5) is 4.39 Å². The Morgan fingerprint density at radius 1 is 1.18 bits per heavy atom. The molecule has 2 heterocycles. The molecule has 0 spiro atoms. The Bertz CT molecular complexity index is 1020. The van der Waals surface area contributed by atoms with Crippen molar-refractivity contribution < 1.29 is 18.7 Å². The highest BCUT2D eigenvalue weighted by molar-refractivity contribution is 5.83. The fraction of sp³-hybridized carbons (Fsp3) is 0.286. The number of carbonyl (C=O) groups is 1. The van der Waals surface area contributed by atoms with Crippen LogP contribution >= 0.6 is 0 Å². The minimum atomic E-state index is -0.316. The summed E-state index contributed by atoms with van der Waals surface area (Å²) in [5.74, 6) is 1.01. The van der Waals surface area contributed by atoms with E-state index in [0.29, 0.717) is 12.1 Å². The summed E-state index contributed by atoms with van der Waals surface area (Å²) in [5.41, 5.74) is 1.73. The Morgan fingerprint density at radius 3 is 2.82 bits per heavy atom. The summed E-state index contributed by atoms with van der Waals surface area (Å²) in [5, 5.41) is 3.88. The Labute approximate surface area is 162 Å². The van der Waals surface area contributed by atoms with E-state index in [1.807, 2.05) is 43.3 Å². The molecule has 0 saturated carbocycles. The molecule has 0 saturated heterocycles. The second-order valence-corrected chi connectivity index (χ2v) is 7.04. The van der Waals surface area contributed by atoms with Crippen LogP contribution in [-0.2, 0) is 11.3 Å². The van der Waals surface area contributed by atoms with E-state index in [1.54, 1.807) is 16.8 Å². The van der Waals surface area contributed by atoms with Crippen LogP contribution < -0.4 is 14.8 Å². The molecule has 3 aromatic rings. The summed E-state index contributed by atoms with van der Waals surface area (Å²) in [7, 11) is 3.92. The zero-order chi connectivity index (χ0) is 19.7. The number of amides is 1. The van der Waals surface area contributed by atoms with E-state index in [4.69, 9.17) is 9.47 Å². The molecule has 0 aliphatic carbocycles. The molecule has 1 aliphatic heterocycles. The number of benzene rings is 2. The quantitative estimate of drug-likeness (QED) is 0.711. The van der Waals surface area contributed by atoms with E-state index in [0.717, 1.165) is 22.4 Å². The van der Waals surface area contributed by atoms with Gasteiger partial charge < -0.3 is 24.3 Å². The highest BCUT2D eigenvalue weighted by Gasteiger charge is 2.20. The van der Waals surface area contributed by atoms with Gasteiger partial charge >= 0.3 is 0 Å². The number of nitrogens with zero attached hydrogens (tertiary/aromatic N) is 2. The van der Waals surface area contributed by atoms with Crippen LogP contribution in [0.5, 0.6) is 11.5 Å². The second-order valence-electron chi connectivity index (χ2n) is 7.04. The number of fused-ring (bicyclic) bond motifs is 2. The maximum atomic E-state index is 13.5. The predicted molar refractivity (Wildman–Crippen MR) is 104 cm³/mol. The maximum absolute atomic E-state index is 13.5. The van der Waals surface area contributed by atoms with Gasteiger partial charge in [0.25, 0.3) is 0 Å². The van der Waals surface area contributed by atoms with Crippen molar-refractivity contribution in [3.63, 3.8) is 0 Å². The first-order valence-corrected chi connectivity index (χ1v) is 9.08. The van der Waals surface area contributed by atoms with Crippen LogP contribution in [-0.4, -0.2) is 42.8 Å². The molecule has 1 atom stereocenters. The number of likely N-dealkylation sites (N-methyl/N-ethyl adjacent to an activating group) is 1. The molecule has 146 valence electrons. The van der Waals surface area contributed by atoms with E-state index in [2.05, 4.69) is 5.32 Å². The summed E-state index contributed by atoms with van der Waals surface area (Å²) in [6, 6.07) is 12.2. The first-order chi connectivity index (χ1) is 13.5. The van der Waals surface area contributed by atoms with E-state index in [9.17, 15) is 9.18 Å². The molecule has 1 aromatic heterocycles. The van der Waals surface area contributed by atoms with Gasteiger partial charge in [0.05, 0.1) is 11.6 Å². The van der Waals surface area contributed by atoms with Gasteiger partial charge in [-0.25, -0.2) is 4.39 Å². The van der Waals surface area contributed by atoms with Crippen LogP contribution in [0.1, 0.15) is 11.6 Å². The van der Waals surface area contributed by atoms with Gasteiger partial charge in [-0.05, 0) is 61.4 Å². The Balaban J connectivity index is 1.44. The molecule has 2 aromatic carbocycles. The van der Waals surface area contributed by atoms with Crippen molar-refractivity contribution >= 4 is 16.8 Å². The van der Waals surface area contributed by atoms with Crippen LogP contribution in [0.2, 0.25) is 0 Å². The van der Waals surface area contributed by atoms with Crippen LogP contribution in [0.15, 0.2) is 48.7 Å². The lowest BCUT2D eigenvalue weighted by molar-refractivity contribution is -0.121. The summed E-state index contributed by atoms with van der Waals surface area (Å²) < 4.78 is 26.1. The lowest BCUT2D eigenvalue weighted by atomic mass is 10.1. The van der Waals surface area contributed by atoms with Crippen molar-refractivity contribution in [3.8, 4) is 11.5 Å². The van der Waals surface area contributed by atoms with Gasteiger partial charge in [0, 0.05) is 12.7 Å². The average Bonchev–Trinajstić information content (AvgIpc) is 3.28. The van der Waals surface area contributed by atoms with Crippen molar-refractivity contribution in [1.82, 2.24) is 14.8 Å². The highest BCUT2D eigenvalue weighted by atomic mass is 19.1. The Hall–Kier alpha value is -3.06. The third-order valence-corrected chi connectivity index (χ3v) is 4.95. The minimum Gasteiger partial charge on any atom is -0.454 e. The van der Waals surface area contributed by atoms with Gasteiger partial charge in [0.1, 0.15) is 12.4 Å². The maximum Gasteiger partial charge on any atom is 0.240 e. The van der Waals surface area contributed by atoms with Crippen molar-refractivity contribution in [2.24, 2.45) is 0 Å². The molecule has 4 rings (SSSR count). The van der Waals surface area contributed by atoms with Crippen molar-refractivity contribution in [2.75, 3.05) is 27.4 Å². The molecule has 0 bridgehead atoms. The number of ether oxygens (including phenoxy) is 2. The average molecular weight is 383 g/mol. The fourth-order valence-corrected chi connectivity index (χ4v) is 3.44. The number of rotatable bonds is 6. The van der Waals surface area contributed by atoms with E-state index in [-0.39, 0.29) is 31.1 Å². The first kappa shape index (κ1) is 18.3. The molecule has 0 unspecified atom stereocenters. The summed E-state index contributed by atoms with van der Waals surface area (Å²) in [6.07, 6.45) is 1.80. The van der Waals surface area contributed by atoms with Gasteiger partial charge in [-0.1, -0.05) is 6.07 Å². The number of nitrogens with one attached hydrogen (secondary N) is 1. The van der Waals surface area contributed by atoms with Crippen molar-refractivity contribution in [3.05, 3.63) is 60.0 Å². The standard InChI is InChI=1S/C21H22FN3O3/c1-24(2)18(15-4-6-19-20(9-15)28-13-27-19)11-23-21(26)12-25-8-7-14-3-5-16(22)10-17(14)25/h3-10,18H,11-13H2,1-2H3,(H,23,26)/t18-/m1/s1. The summed E-state index contributed by atoms with van der Waals surface area (Å²) in [4.78, 5) is 14.5. The van der Waals surface area contributed by atoms with Gasteiger partial charge in [-0.15, -0.1) is 0 Å². The van der Waals surface area contributed by atoms with Crippen LogP contribution in [0.3, 0.4) is 0 Å². The second kappa shape index (κ2) is 7.52. The highest BCUT2D eigenvalue weighted by Crippen LogP contribution is 2.34. The summed E-state index contributed by atoms with van der Waals surface area (Å²) in [6.45, 7) is 0.806. The summed E-state index contributed by atoms with van der Waals surface area (Å²) >= 11 is 0. The monoisotopic (exact) mass is 383 g/mol. The molecule has 7 heteroatoms. The van der Waals surface area contributed by atoms with Crippen LogP contribution in [0, 0.1) is 5.82 Å². The van der Waals surface area contributed by atoms with E-state index < -0.39 is 0 Å². The van der Waals surface area contributed by atoms with Crippen molar-refractivity contribution in [2.45, 2.75) is 12.6 Å². The molecule has 6 nitrogen and oxygen atoms in total. The number of halogens is 1. The molecule has 1 aliphatic rings. The van der Waals surface area contributed by atoms with E-state index >= 15 is 0 Å². The van der Waals surface area contributed by atoms with Crippen LogP contribution in [0.25, 0.3) is 10.9 Å². The van der Waals surface area contributed by atoms with E-state index in [1.165, 1.54) is 12.1 Å². The zero-order valence-corrected chi connectivity index (χ0v) is 15.8. The molecular formula is C21H22FN3O3. The third kappa shape index (κ3) is 3.66. The normalized spacial score (nSPS) is 13.9. The van der Waals surface area contributed by atoms with Gasteiger partial charge in [0.15, 0.2) is 11.5 Å². The molecular weight excluding hydrogens is 361 g/mol. The first-order valence-electron chi connectivity index (χ1n) is 9.08.